The molecule has 1 N–H and O–H groups in total. The second kappa shape index (κ2) is 9.30. The average molecular weight is 468 g/mol. The van der Waals surface area contributed by atoms with Crippen LogP contribution in [0.25, 0.3) is 0 Å². The first kappa shape index (κ1) is 20.5. The largest absolute Gasteiger partial charge is 0.507 e. The van der Waals surface area contributed by atoms with Gasteiger partial charge in [-0.3, -0.25) is 0 Å². The molecule has 2 fully saturated rings. The van der Waals surface area contributed by atoms with Gasteiger partial charge in [-0.15, -0.1) is 0 Å². The number of alkyl halides is 1. The maximum absolute atomic E-state index is 10.6. The second-order valence-corrected chi connectivity index (χ2v) is 11.3. The SMILES string of the molecule is CCC1(CCCCCc2cccc(CCCCCC3(I)CC3)c2O)CC1. The van der Waals surface area contributed by atoms with Crippen LogP contribution in [0.5, 0.6) is 5.75 Å². The summed E-state index contributed by atoms with van der Waals surface area (Å²) in [5.74, 6) is 0.590. The fourth-order valence-electron chi connectivity index (χ4n) is 4.32. The fourth-order valence-corrected chi connectivity index (χ4v) is 4.97. The van der Waals surface area contributed by atoms with E-state index >= 15 is 0 Å². The van der Waals surface area contributed by atoms with E-state index in [-0.39, 0.29) is 0 Å². The Labute approximate surface area is 174 Å². The summed E-state index contributed by atoms with van der Waals surface area (Å²) in [4.78, 5) is 0. The molecule has 2 aliphatic carbocycles. The van der Waals surface area contributed by atoms with Crippen molar-refractivity contribution in [1.82, 2.24) is 0 Å². The van der Waals surface area contributed by atoms with Crippen LogP contribution in [0.3, 0.4) is 0 Å². The summed E-state index contributed by atoms with van der Waals surface area (Å²) in [7, 11) is 0. The maximum Gasteiger partial charge on any atom is 0.121 e. The van der Waals surface area contributed by atoms with Gasteiger partial charge >= 0.3 is 0 Å². The monoisotopic (exact) mass is 468 g/mol. The van der Waals surface area contributed by atoms with Gasteiger partial charge < -0.3 is 5.11 Å². The quantitative estimate of drug-likeness (QED) is 0.178. The number of hydrogen-bond donors (Lipinski definition) is 1. The first-order valence-electron chi connectivity index (χ1n) is 11.0. The molecule has 3 rings (SSSR count). The van der Waals surface area contributed by atoms with Gasteiger partial charge in [-0.1, -0.05) is 79.8 Å². The normalized spacial score (nSPS) is 19.5. The molecule has 0 spiro atoms. The van der Waals surface area contributed by atoms with Crippen molar-refractivity contribution in [2.24, 2.45) is 5.41 Å². The number of unbranched alkanes of at least 4 members (excludes halogenated alkanes) is 4. The Morgan fingerprint density at radius 3 is 1.92 bits per heavy atom. The van der Waals surface area contributed by atoms with E-state index in [1.807, 2.05) is 0 Å². The number of para-hydroxylation sites is 1. The van der Waals surface area contributed by atoms with Crippen LogP contribution in [0, 0.1) is 5.41 Å². The van der Waals surface area contributed by atoms with E-state index in [2.05, 4.69) is 47.7 Å². The lowest BCUT2D eigenvalue weighted by Crippen LogP contribution is -1.98. The van der Waals surface area contributed by atoms with Gasteiger partial charge in [0.25, 0.3) is 0 Å². The number of aryl methyl sites for hydroxylation is 2. The lowest BCUT2D eigenvalue weighted by molar-refractivity contribution is 0.420. The molecule has 0 unspecified atom stereocenters. The molecule has 0 atom stereocenters. The Morgan fingerprint density at radius 1 is 0.846 bits per heavy atom. The van der Waals surface area contributed by atoms with Gasteiger partial charge in [0.05, 0.1) is 0 Å². The second-order valence-electron chi connectivity index (χ2n) is 9.05. The average Bonchev–Trinajstić information content (AvgIpc) is 3.55. The van der Waals surface area contributed by atoms with Crippen molar-refractivity contribution < 1.29 is 5.11 Å². The Kier molecular flexibility index (Phi) is 7.32. The van der Waals surface area contributed by atoms with Gasteiger partial charge in [0.1, 0.15) is 5.75 Å². The summed E-state index contributed by atoms with van der Waals surface area (Å²) in [5, 5.41) is 10.6. The lowest BCUT2D eigenvalue weighted by atomic mass is 9.94. The third-order valence-electron chi connectivity index (χ3n) is 6.93. The molecule has 0 bridgehead atoms. The van der Waals surface area contributed by atoms with Crippen molar-refractivity contribution in [2.45, 2.75) is 107 Å². The highest BCUT2D eigenvalue weighted by atomic mass is 127. The Bertz CT molecular complexity index is 572. The molecule has 0 amide bonds. The summed E-state index contributed by atoms with van der Waals surface area (Å²) < 4.78 is 0.663. The Hall–Kier alpha value is -0.250. The summed E-state index contributed by atoms with van der Waals surface area (Å²) in [6.07, 6.45) is 19.8. The maximum atomic E-state index is 10.6. The minimum absolute atomic E-state index is 0.590. The summed E-state index contributed by atoms with van der Waals surface area (Å²) >= 11 is 2.65. The molecule has 0 heterocycles. The van der Waals surface area contributed by atoms with Crippen LogP contribution in [0.4, 0.5) is 0 Å². The van der Waals surface area contributed by atoms with E-state index in [9.17, 15) is 5.11 Å². The lowest BCUT2D eigenvalue weighted by Gasteiger charge is -2.12. The Balaban J connectivity index is 1.33. The molecule has 0 aromatic heterocycles. The zero-order valence-corrected chi connectivity index (χ0v) is 18.8. The molecule has 0 aliphatic heterocycles. The summed E-state index contributed by atoms with van der Waals surface area (Å²) in [6.45, 7) is 2.35. The highest BCUT2D eigenvalue weighted by Gasteiger charge is 2.39. The van der Waals surface area contributed by atoms with Crippen molar-refractivity contribution in [2.75, 3.05) is 0 Å². The highest BCUT2D eigenvalue weighted by molar-refractivity contribution is 14.1. The highest BCUT2D eigenvalue weighted by Crippen LogP contribution is 2.52. The minimum atomic E-state index is 0.590. The van der Waals surface area contributed by atoms with Crippen molar-refractivity contribution in [3.63, 3.8) is 0 Å². The van der Waals surface area contributed by atoms with Crippen LogP contribution in [-0.4, -0.2) is 8.53 Å². The number of rotatable bonds is 13. The molecule has 1 aromatic carbocycles. The first-order valence-corrected chi connectivity index (χ1v) is 12.1. The summed E-state index contributed by atoms with van der Waals surface area (Å²) in [6, 6.07) is 6.39. The predicted octanol–water partition coefficient (Wildman–Crippen LogP) is 7.76. The zero-order valence-electron chi connectivity index (χ0n) is 16.7. The van der Waals surface area contributed by atoms with Gasteiger partial charge in [-0.05, 0) is 80.8 Å². The number of aromatic hydroxyl groups is 1. The minimum Gasteiger partial charge on any atom is -0.507 e. The van der Waals surface area contributed by atoms with Crippen LogP contribution >= 0.6 is 22.6 Å². The van der Waals surface area contributed by atoms with E-state index in [0.717, 1.165) is 18.3 Å². The van der Waals surface area contributed by atoms with Gasteiger partial charge in [0.15, 0.2) is 0 Å². The molecule has 2 aliphatic rings. The van der Waals surface area contributed by atoms with Crippen LogP contribution in [0.15, 0.2) is 18.2 Å². The molecule has 1 nitrogen and oxygen atoms in total. The molecule has 0 saturated heterocycles. The van der Waals surface area contributed by atoms with E-state index in [1.165, 1.54) is 94.6 Å². The molecule has 1 aromatic rings. The number of halogens is 1. The van der Waals surface area contributed by atoms with Crippen LogP contribution in [0.2, 0.25) is 0 Å². The molecular weight excluding hydrogens is 431 g/mol. The standard InChI is InChI=1S/C24H37IO/c1-2-23(16-17-23)14-7-3-5-10-20-12-9-13-21(22(20)26)11-6-4-8-15-24(25)18-19-24/h9,12-13,26H,2-8,10-11,14-19H2,1H3. The third kappa shape index (κ3) is 6.14. The van der Waals surface area contributed by atoms with E-state index in [0.29, 0.717) is 9.17 Å². The smallest absolute Gasteiger partial charge is 0.121 e. The zero-order chi connectivity index (χ0) is 18.5. The summed E-state index contributed by atoms with van der Waals surface area (Å²) in [5.41, 5.74) is 3.07. The molecule has 26 heavy (non-hydrogen) atoms. The number of hydrogen-bond acceptors (Lipinski definition) is 1. The fraction of sp³-hybridized carbons (Fsp3) is 0.750. The van der Waals surface area contributed by atoms with Gasteiger partial charge in [-0.2, -0.15) is 0 Å². The third-order valence-corrected chi connectivity index (χ3v) is 8.55. The van der Waals surface area contributed by atoms with Crippen LogP contribution in [0.1, 0.15) is 102 Å². The number of phenolic OH excluding ortho intramolecular Hbond substituents is 1. The van der Waals surface area contributed by atoms with Crippen LogP contribution < -0.4 is 0 Å². The van der Waals surface area contributed by atoms with Crippen molar-refractivity contribution >= 4 is 22.6 Å². The van der Waals surface area contributed by atoms with Crippen molar-refractivity contribution in [1.29, 1.82) is 0 Å². The molecule has 0 radical (unpaired) electrons. The molecule has 2 heteroatoms. The van der Waals surface area contributed by atoms with E-state index in [1.54, 1.807) is 0 Å². The number of phenols is 1. The van der Waals surface area contributed by atoms with Gasteiger partial charge in [0.2, 0.25) is 0 Å². The van der Waals surface area contributed by atoms with Crippen LogP contribution in [-0.2, 0) is 12.8 Å². The van der Waals surface area contributed by atoms with E-state index in [4.69, 9.17) is 0 Å². The van der Waals surface area contributed by atoms with Gasteiger partial charge in [-0.25, -0.2) is 0 Å². The topological polar surface area (TPSA) is 20.2 Å². The number of benzene rings is 1. The van der Waals surface area contributed by atoms with E-state index < -0.39 is 0 Å². The van der Waals surface area contributed by atoms with Crippen molar-refractivity contribution in [3.05, 3.63) is 29.3 Å². The molecule has 2 saturated carbocycles. The Morgan fingerprint density at radius 2 is 1.42 bits per heavy atom. The van der Waals surface area contributed by atoms with Gasteiger partial charge in [0, 0.05) is 3.42 Å². The molecule has 146 valence electrons. The van der Waals surface area contributed by atoms with Crippen molar-refractivity contribution in [3.8, 4) is 5.75 Å². The predicted molar refractivity (Wildman–Crippen MR) is 120 cm³/mol. The first-order chi connectivity index (χ1) is 12.6. The molecular formula is C24H37IO.